The Bertz CT molecular complexity index is 433. The highest BCUT2D eigenvalue weighted by Gasteiger charge is 2.24. The summed E-state index contributed by atoms with van der Waals surface area (Å²) in [5, 5.41) is 3.62. The lowest BCUT2D eigenvalue weighted by Crippen LogP contribution is -2.25. The van der Waals surface area contributed by atoms with E-state index in [1.54, 1.807) is 0 Å². The first-order valence-corrected chi connectivity index (χ1v) is 8.72. The highest BCUT2D eigenvalue weighted by molar-refractivity contribution is 9.10. The van der Waals surface area contributed by atoms with Gasteiger partial charge in [0.25, 0.3) is 0 Å². The molecule has 2 rings (SSSR count). The molecule has 1 fully saturated rings. The maximum absolute atomic E-state index is 3.63. The van der Waals surface area contributed by atoms with Gasteiger partial charge in [-0.2, -0.15) is 0 Å². The average molecular weight is 339 g/mol. The Morgan fingerprint density at radius 3 is 2.85 bits per heavy atom. The van der Waals surface area contributed by atoms with Gasteiger partial charge in [-0.05, 0) is 49.9 Å². The molecule has 1 heterocycles. The van der Waals surface area contributed by atoms with Crippen molar-refractivity contribution in [3.63, 3.8) is 0 Å². The number of nitrogens with zero attached hydrogens (tertiary/aromatic N) is 1. The van der Waals surface area contributed by atoms with Crippen molar-refractivity contribution in [3.05, 3.63) is 28.2 Å². The molecule has 1 aromatic rings. The van der Waals surface area contributed by atoms with Crippen molar-refractivity contribution < 1.29 is 0 Å². The van der Waals surface area contributed by atoms with E-state index in [0.29, 0.717) is 6.04 Å². The predicted octanol–water partition coefficient (Wildman–Crippen LogP) is 4.75. The van der Waals surface area contributed by atoms with Crippen molar-refractivity contribution in [2.24, 2.45) is 5.92 Å². The largest absolute Gasteiger partial charge is 0.371 e. The number of nitrogens with one attached hydrogen (secondary N) is 1. The van der Waals surface area contributed by atoms with Crippen LogP contribution in [0, 0.1) is 5.92 Å². The molecule has 0 spiro atoms. The monoisotopic (exact) mass is 338 g/mol. The summed E-state index contributed by atoms with van der Waals surface area (Å²) in [5.41, 5.74) is 2.84. The molecule has 0 aromatic heterocycles. The van der Waals surface area contributed by atoms with Gasteiger partial charge >= 0.3 is 0 Å². The lowest BCUT2D eigenvalue weighted by atomic mass is 10.0. The van der Waals surface area contributed by atoms with Gasteiger partial charge in [-0.1, -0.05) is 42.3 Å². The minimum atomic E-state index is 0.415. The van der Waals surface area contributed by atoms with Crippen LogP contribution in [-0.2, 0) is 0 Å². The lowest BCUT2D eigenvalue weighted by Gasteiger charge is -2.26. The molecule has 0 saturated carbocycles. The normalized spacial score (nSPS) is 20.4. The molecule has 0 bridgehead atoms. The quantitative estimate of drug-likeness (QED) is 0.805. The first-order valence-electron chi connectivity index (χ1n) is 7.93. The minimum Gasteiger partial charge on any atom is -0.371 e. The van der Waals surface area contributed by atoms with Crippen LogP contribution >= 0.6 is 15.9 Å². The fourth-order valence-corrected chi connectivity index (χ4v) is 3.36. The van der Waals surface area contributed by atoms with Crippen molar-refractivity contribution in [3.8, 4) is 0 Å². The van der Waals surface area contributed by atoms with Crippen LogP contribution in [-0.4, -0.2) is 19.6 Å². The van der Waals surface area contributed by atoms with E-state index in [4.69, 9.17) is 0 Å². The standard InChI is InChI=1S/C17H27BrN2/c1-4-9-19-13(3)16-7-6-15(18)11-17(16)20-10-8-14(5-2)12-20/h6-7,11,13-14,19H,4-5,8-10,12H2,1-3H3. The van der Waals surface area contributed by atoms with E-state index in [1.165, 1.54) is 48.1 Å². The molecule has 2 unspecified atom stereocenters. The smallest absolute Gasteiger partial charge is 0.0426 e. The van der Waals surface area contributed by atoms with Crippen molar-refractivity contribution >= 4 is 21.6 Å². The highest BCUT2D eigenvalue weighted by Crippen LogP contribution is 2.33. The van der Waals surface area contributed by atoms with Crippen LogP contribution in [0.3, 0.4) is 0 Å². The Kier molecular flexibility index (Phi) is 5.91. The van der Waals surface area contributed by atoms with Crippen LogP contribution in [0.2, 0.25) is 0 Å². The van der Waals surface area contributed by atoms with Gasteiger partial charge < -0.3 is 10.2 Å². The number of halogens is 1. The molecule has 2 atom stereocenters. The molecule has 1 aliphatic rings. The second-order valence-electron chi connectivity index (χ2n) is 5.89. The van der Waals surface area contributed by atoms with Crippen LogP contribution < -0.4 is 10.2 Å². The molecule has 2 nitrogen and oxygen atoms in total. The molecule has 0 aliphatic carbocycles. The second-order valence-corrected chi connectivity index (χ2v) is 6.80. The number of benzene rings is 1. The topological polar surface area (TPSA) is 15.3 Å². The summed E-state index contributed by atoms with van der Waals surface area (Å²) in [6.07, 6.45) is 3.81. The van der Waals surface area contributed by atoms with Crippen LogP contribution in [0.15, 0.2) is 22.7 Å². The molecule has 20 heavy (non-hydrogen) atoms. The third kappa shape index (κ3) is 3.76. The third-order valence-electron chi connectivity index (χ3n) is 4.36. The Labute approximate surface area is 132 Å². The SMILES string of the molecule is CCCNC(C)c1ccc(Br)cc1N1CCC(CC)C1. The Hall–Kier alpha value is -0.540. The summed E-state index contributed by atoms with van der Waals surface area (Å²) >= 11 is 3.63. The van der Waals surface area contributed by atoms with Crippen LogP contribution in [0.1, 0.15) is 51.6 Å². The molecule has 112 valence electrons. The highest BCUT2D eigenvalue weighted by atomic mass is 79.9. The van der Waals surface area contributed by atoms with E-state index >= 15 is 0 Å². The summed E-state index contributed by atoms with van der Waals surface area (Å²) in [6, 6.07) is 7.14. The molecule has 1 aliphatic heterocycles. The number of hydrogen-bond acceptors (Lipinski definition) is 2. The van der Waals surface area contributed by atoms with E-state index < -0.39 is 0 Å². The Morgan fingerprint density at radius 1 is 1.40 bits per heavy atom. The lowest BCUT2D eigenvalue weighted by molar-refractivity contribution is 0.563. The molecule has 3 heteroatoms. The van der Waals surface area contributed by atoms with Gasteiger partial charge in [-0.3, -0.25) is 0 Å². The number of rotatable bonds is 6. The molecule has 1 N–H and O–H groups in total. The summed E-state index contributed by atoms with van der Waals surface area (Å²) < 4.78 is 1.18. The zero-order valence-electron chi connectivity index (χ0n) is 13.0. The van der Waals surface area contributed by atoms with Crippen molar-refractivity contribution in [2.75, 3.05) is 24.5 Å². The third-order valence-corrected chi connectivity index (χ3v) is 4.86. The average Bonchev–Trinajstić information content (AvgIpc) is 2.93. The van der Waals surface area contributed by atoms with Crippen molar-refractivity contribution in [1.82, 2.24) is 5.32 Å². The Morgan fingerprint density at radius 2 is 2.20 bits per heavy atom. The first kappa shape index (κ1) is 15.8. The van der Waals surface area contributed by atoms with Crippen LogP contribution in [0.25, 0.3) is 0 Å². The number of anilines is 1. The fraction of sp³-hybridized carbons (Fsp3) is 0.647. The summed E-state index contributed by atoms with van der Waals surface area (Å²) in [5.74, 6) is 0.862. The van der Waals surface area contributed by atoms with Crippen LogP contribution in [0.5, 0.6) is 0 Å². The molecule has 1 saturated heterocycles. The van der Waals surface area contributed by atoms with Crippen molar-refractivity contribution in [1.29, 1.82) is 0 Å². The fourth-order valence-electron chi connectivity index (χ4n) is 3.01. The maximum atomic E-state index is 3.63. The van der Waals surface area contributed by atoms with Gasteiger partial charge in [0.1, 0.15) is 0 Å². The van der Waals surface area contributed by atoms with E-state index in [9.17, 15) is 0 Å². The van der Waals surface area contributed by atoms with Gasteiger partial charge in [0.2, 0.25) is 0 Å². The van der Waals surface area contributed by atoms with Gasteiger partial charge in [0, 0.05) is 29.3 Å². The molecule has 0 radical (unpaired) electrons. The Balaban J connectivity index is 2.20. The zero-order chi connectivity index (χ0) is 14.5. The predicted molar refractivity (Wildman–Crippen MR) is 91.5 cm³/mol. The van der Waals surface area contributed by atoms with Gasteiger partial charge in [-0.15, -0.1) is 0 Å². The van der Waals surface area contributed by atoms with Crippen molar-refractivity contribution in [2.45, 2.75) is 46.1 Å². The first-order chi connectivity index (χ1) is 9.65. The summed E-state index contributed by atoms with van der Waals surface area (Å²) in [6.45, 7) is 10.3. The van der Waals surface area contributed by atoms with Crippen LogP contribution in [0.4, 0.5) is 5.69 Å². The van der Waals surface area contributed by atoms with E-state index in [-0.39, 0.29) is 0 Å². The maximum Gasteiger partial charge on any atom is 0.0426 e. The molecular weight excluding hydrogens is 312 g/mol. The zero-order valence-corrected chi connectivity index (χ0v) is 14.5. The summed E-state index contributed by atoms with van der Waals surface area (Å²) in [4.78, 5) is 2.57. The van der Waals surface area contributed by atoms with Gasteiger partial charge in [0.15, 0.2) is 0 Å². The van der Waals surface area contributed by atoms with Gasteiger partial charge in [-0.25, -0.2) is 0 Å². The molecule has 1 aromatic carbocycles. The van der Waals surface area contributed by atoms with E-state index in [1.807, 2.05) is 0 Å². The van der Waals surface area contributed by atoms with Gasteiger partial charge in [0.05, 0.1) is 0 Å². The van der Waals surface area contributed by atoms with E-state index in [2.05, 4.69) is 65.1 Å². The molecule has 0 amide bonds. The number of hydrogen-bond donors (Lipinski definition) is 1. The second kappa shape index (κ2) is 7.46. The molecular formula is C17H27BrN2. The minimum absolute atomic E-state index is 0.415. The summed E-state index contributed by atoms with van der Waals surface area (Å²) in [7, 11) is 0. The van der Waals surface area contributed by atoms with E-state index in [0.717, 1.165) is 12.5 Å².